The molecule has 0 amide bonds. The lowest BCUT2D eigenvalue weighted by Crippen LogP contribution is -2.39. The van der Waals surface area contributed by atoms with Crippen LogP contribution in [0.3, 0.4) is 0 Å². The van der Waals surface area contributed by atoms with E-state index in [1.54, 1.807) is 6.08 Å². The van der Waals surface area contributed by atoms with Crippen molar-refractivity contribution in [1.29, 1.82) is 0 Å². The summed E-state index contributed by atoms with van der Waals surface area (Å²) in [7, 11) is 0. The number of hydrogen-bond acceptors (Lipinski definition) is 3. The van der Waals surface area contributed by atoms with Crippen LogP contribution >= 0.6 is 0 Å². The molecule has 106 valence electrons. The Labute approximate surface area is 116 Å². The Morgan fingerprint density at radius 3 is 2.42 bits per heavy atom. The second-order valence-corrected chi connectivity index (χ2v) is 4.91. The third-order valence-corrected chi connectivity index (χ3v) is 3.09. The average molecular weight is 263 g/mol. The van der Waals surface area contributed by atoms with Crippen molar-refractivity contribution >= 4 is 0 Å². The topological polar surface area (TPSA) is 41.5 Å². The summed E-state index contributed by atoms with van der Waals surface area (Å²) in [5, 5.41) is 13.8. The third kappa shape index (κ3) is 4.69. The van der Waals surface area contributed by atoms with Gasteiger partial charge in [-0.3, -0.25) is 0 Å². The van der Waals surface area contributed by atoms with Crippen LogP contribution < -0.4 is 10.1 Å². The lowest BCUT2D eigenvalue weighted by molar-refractivity contribution is 0.107. The first-order valence-corrected chi connectivity index (χ1v) is 6.85. The minimum atomic E-state index is -0.532. The van der Waals surface area contributed by atoms with Crippen molar-refractivity contribution < 1.29 is 9.84 Å². The van der Waals surface area contributed by atoms with Crippen molar-refractivity contribution in [3.63, 3.8) is 0 Å². The molecule has 19 heavy (non-hydrogen) atoms. The number of aliphatic hydroxyl groups excluding tert-OH is 1. The van der Waals surface area contributed by atoms with Crippen molar-refractivity contribution in [2.24, 2.45) is 5.92 Å². The van der Waals surface area contributed by atoms with Crippen LogP contribution in [-0.4, -0.2) is 24.3 Å². The Bertz CT molecular complexity index is 373. The zero-order valence-electron chi connectivity index (χ0n) is 12.1. The summed E-state index contributed by atoms with van der Waals surface area (Å²) in [5.74, 6) is 1.17. The highest BCUT2D eigenvalue weighted by Gasteiger charge is 2.23. The van der Waals surface area contributed by atoms with Gasteiger partial charge >= 0.3 is 0 Å². The van der Waals surface area contributed by atoms with E-state index in [-0.39, 0.29) is 6.04 Å². The first-order valence-electron chi connectivity index (χ1n) is 6.85. The maximum atomic E-state index is 10.5. The Balaban J connectivity index is 2.77. The molecule has 0 radical (unpaired) electrons. The summed E-state index contributed by atoms with van der Waals surface area (Å²) in [5.41, 5.74) is 0.902. The van der Waals surface area contributed by atoms with E-state index in [0.29, 0.717) is 19.1 Å². The second-order valence-electron chi connectivity index (χ2n) is 4.91. The molecule has 0 aliphatic carbocycles. The van der Waals surface area contributed by atoms with Gasteiger partial charge in [-0.15, -0.1) is 6.58 Å². The fourth-order valence-corrected chi connectivity index (χ4v) is 2.07. The van der Waals surface area contributed by atoms with E-state index in [1.807, 2.05) is 31.2 Å². The number of nitrogens with one attached hydrogen (secondary N) is 1. The Morgan fingerprint density at radius 1 is 1.32 bits per heavy atom. The molecule has 3 heteroatoms. The molecule has 3 nitrogen and oxygen atoms in total. The van der Waals surface area contributed by atoms with Gasteiger partial charge in [-0.05, 0) is 30.5 Å². The van der Waals surface area contributed by atoms with E-state index < -0.39 is 6.10 Å². The monoisotopic (exact) mass is 263 g/mol. The van der Waals surface area contributed by atoms with E-state index in [9.17, 15) is 5.11 Å². The molecule has 2 atom stereocenters. The van der Waals surface area contributed by atoms with Crippen LogP contribution in [0.2, 0.25) is 0 Å². The number of aliphatic hydroxyl groups is 1. The molecular formula is C16H25NO2. The molecule has 0 heterocycles. The van der Waals surface area contributed by atoms with E-state index in [2.05, 4.69) is 25.7 Å². The first kappa shape index (κ1) is 15.7. The fraction of sp³-hybridized carbons (Fsp3) is 0.500. The maximum Gasteiger partial charge on any atom is 0.119 e. The molecule has 1 aromatic carbocycles. The van der Waals surface area contributed by atoms with Crippen molar-refractivity contribution in [2.45, 2.75) is 32.9 Å². The fourth-order valence-electron chi connectivity index (χ4n) is 2.07. The van der Waals surface area contributed by atoms with Gasteiger partial charge in [-0.1, -0.05) is 32.1 Å². The molecule has 1 aromatic rings. The lowest BCUT2D eigenvalue weighted by Gasteiger charge is -2.27. The van der Waals surface area contributed by atoms with Crippen LogP contribution in [0.15, 0.2) is 36.9 Å². The molecule has 0 bridgehead atoms. The van der Waals surface area contributed by atoms with Gasteiger partial charge in [0.05, 0.1) is 12.7 Å². The van der Waals surface area contributed by atoms with Gasteiger partial charge in [0.15, 0.2) is 0 Å². The van der Waals surface area contributed by atoms with Crippen LogP contribution in [0.5, 0.6) is 5.75 Å². The summed E-state index contributed by atoms with van der Waals surface area (Å²) in [4.78, 5) is 0. The SMILES string of the molecule is C=CCNC(C(C)C)C(O)c1ccc(OCC)cc1. The summed E-state index contributed by atoms with van der Waals surface area (Å²) < 4.78 is 5.40. The number of hydrogen-bond donors (Lipinski definition) is 2. The van der Waals surface area contributed by atoms with Crippen molar-refractivity contribution in [1.82, 2.24) is 5.32 Å². The lowest BCUT2D eigenvalue weighted by atomic mass is 9.93. The van der Waals surface area contributed by atoms with Gasteiger partial charge in [-0.2, -0.15) is 0 Å². The summed E-state index contributed by atoms with van der Waals surface area (Å²) in [6.07, 6.45) is 1.27. The van der Waals surface area contributed by atoms with Gasteiger partial charge in [-0.25, -0.2) is 0 Å². The van der Waals surface area contributed by atoms with E-state index in [4.69, 9.17) is 4.74 Å². The Kier molecular flexibility index (Phi) is 6.60. The third-order valence-electron chi connectivity index (χ3n) is 3.09. The predicted octanol–water partition coefficient (Wildman–Crippen LogP) is 2.92. The summed E-state index contributed by atoms with van der Waals surface area (Å²) >= 11 is 0. The van der Waals surface area contributed by atoms with Crippen LogP contribution in [0.4, 0.5) is 0 Å². The van der Waals surface area contributed by atoms with Crippen molar-refractivity contribution in [2.75, 3.05) is 13.2 Å². The molecule has 0 saturated heterocycles. The Hall–Kier alpha value is -1.32. The summed E-state index contributed by atoms with van der Waals surface area (Å²) in [6.45, 7) is 11.2. The van der Waals surface area contributed by atoms with Crippen molar-refractivity contribution in [3.8, 4) is 5.75 Å². The van der Waals surface area contributed by atoms with Gasteiger partial charge in [0.1, 0.15) is 5.75 Å². The zero-order chi connectivity index (χ0) is 14.3. The van der Waals surface area contributed by atoms with Gasteiger partial charge in [0, 0.05) is 12.6 Å². The minimum Gasteiger partial charge on any atom is -0.494 e. The number of benzene rings is 1. The molecular weight excluding hydrogens is 238 g/mol. The van der Waals surface area contributed by atoms with E-state index >= 15 is 0 Å². The largest absolute Gasteiger partial charge is 0.494 e. The highest BCUT2D eigenvalue weighted by molar-refractivity contribution is 5.29. The van der Waals surface area contributed by atoms with E-state index in [1.165, 1.54) is 0 Å². The zero-order valence-corrected chi connectivity index (χ0v) is 12.1. The quantitative estimate of drug-likeness (QED) is 0.709. The second kappa shape index (κ2) is 7.97. The number of rotatable bonds is 8. The van der Waals surface area contributed by atoms with Crippen LogP contribution in [0, 0.1) is 5.92 Å². The smallest absolute Gasteiger partial charge is 0.119 e. The van der Waals surface area contributed by atoms with Crippen molar-refractivity contribution in [3.05, 3.63) is 42.5 Å². The highest BCUT2D eigenvalue weighted by Crippen LogP contribution is 2.24. The standard InChI is InChI=1S/C16H25NO2/c1-5-11-17-15(12(3)4)16(18)13-7-9-14(10-8-13)19-6-2/h5,7-10,12,15-18H,1,6,11H2,2-4H3. The molecule has 0 aromatic heterocycles. The normalized spacial score (nSPS) is 14.2. The van der Waals surface area contributed by atoms with Crippen LogP contribution in [0.1, 0.15) is 32.4 Å². The van der Waals surface area contributed by atoms with E-state index in [0.717, 1.165) is 11.3 Å². The molecule has 0 aliphatic heterocycles. The van der Waals surface area contributed by atoms with Crippen LogP contribution in [-0.2, 0) is 0 Å². The maximum absolute atomic E-state index is 10.5. The molecule has 0 fully saturated rings. The van der Waals surface area contributed by atoms with Crippen LogP contribution in [0.25, 0.3) is 0 Å². The summed E-state index contributed by atoms with van der Waals surface area (Å²) in [6, 6.07) is 7.64. The molecule has 1 rings (SSSR count). The number of ether oxygens (including phenoxy) is 1. The molecule has 2 unspecified atom stereocenters. The highest BCUT2D eigenvalue weighted by atomic mass is 16.5. The van der Waals surface area contributed by atoms with Gasteiger partial charge in [0.25, 0.3) is 0 Å². The first-order chi connectivity index (χ1) is 9.10. The minimum absolute atomic E-state index is 0.0101. The molecule has 0 saturated carbocycles. The average Bonchev–Trinajstić information content (AvgIpc) is 2.40. The predicted molar refractivity (Wildman–Crippen MR) is 79.4 cm³/mol. The Morgan fingerprint density at radius 2 is 1.95 bits per heavy atom. The molecule has 0 aliphatic rings. The molecule has 0 spiro atoms. The van der Waals surface area contributed by atoms with Gasteiger partial charge in [0.2, 0.25) is 0 Å². The van der Waals surface area contributed by atoms with Gasteiger partial charge < -0.3 is 15.2 Å². The molecule has 2 N–H and O–H groups in total.